The molecule has 100 valence electrons. The molecule has 0 spiro atoms. The maximum atomic E-state index is 11.9. The molecule has 0 radical (unpaired) electrons. The largest absolute Gasteiger partial charge is 0.482 e. The molecule has 1 saturated heterocycles. The van der Waals surface area contributed by atoms with Crippen LogP contribution in [0, 0.1) is 11.3 Å². The van der Waals surface area contributed by atoms with Crippen LogP contribution in [0.25, 0.3) is 0 Å². The van der Waals surface area contributed by atoms with Gasteiger partial charge >= 0.3 is 0 Å². The lowest BCUT2D eigenvalue weighted by Crippen LogP contribution is -2.43. The second-order valence-electron chi connectivity index (χ2n) is 4.03. The lowest BCUT2D eigenvalue weighted by molar-refractivity contribution is -0.137. The third kappa shape index (κ3) is 3.60. The monoisotopic (exact) mass is 280 g/mol. The molecule has 0 saturated carbocycles. The molecule has 1 fully saturated rings. The summed E-state index contributed by atoms with van der Waals surface area (Å²) >= 11 is 5.84. The van der Waals surface area contributed by atoms with Crippen LogP contribution in [-0.4, -0.2) is 43.7 Å². The van der Waals surface area contributed by atoms with Gasteiger partial charge in [-0.2, -0.15) is 5.26 Å². The Balaban J connectivity index is 1.96. The summed E-state index contributed by atoms with van der Waals surface area (Å²) in [6.07, 6.45) is 0. The Bertz CT molecular complexity index is 507. The molecule has 0 aliphatic carbocycles. The molecule has 1 aromatic carbocycles. The Kier molecular flexibility index (Phi) is 4.61. The summed E-state index contributed by atoms with van der Waals surface area (Å²) in [5.41, 5.74) is 0.360. The van der Waals surface area contributed by atoms with Gasteiger partial charge in [-0.25, -0.2) is 0 Å². The van der Waals surface area contributed by atoms with Crippen LogP contribution >= 0.6 is 11.6 Å². The van der Waals surface area contributed by atoms with E-state index in [2.05, 4.69) is 0 Å². The highest BCUT2D eigenvalue weighted by Crippen LogP contribution is 2.22. The van der Waals surface area contributed by atoms with Gasteiger partial charge in [-0.3, -0.25) is 4.79 Å². The van der Waals surface area contributed by atoms with E-state index in [1.807, 2.05) is 6.07 Å². The van der Waals surface area contributed by atoms with Crippen LogP contribution in [0.4, 0.5) is 0 Å². The third-order valence-electron chi connectivity index (χ3n) is 2.78. The van der Waals surface area contributed by atoms with Crippen LogP contribution in [0.1, 0.15) is 5.56 Å². The van der Waals surface area contributed by atoms with E-state index in [-0.39, 0.29) is 12.5 Å². The summed E-state index contributed by atoms with van der Waals surface area (Å²) < 4.78 is 10.6. The van der Waals surface area contributed by atoms with Crippen molar-refractivity contribution >= 4 is 17.5 Å². The first kappa shape index (κ1) is 13.7. The van der Waals surface area contributed by atoms with E-state index in [0.29, 0.717) is 42.6 Å². The number of amides is 1. The van der Waals surface area contributed by atoms with Gasteiger partial charge in [-0.1, -0.05) is 11.6 Å². The van der Waals surface area contributed by atoms with Crippen molar-refractivity contribution in [2.75, 3.05) is 32.9 Å². The van der Waals surface area contributed by atoms with Gasteiger partial charge in [-0.05, 0) is 12.1 Å². The molecule has 0 N–H and O–H groups in total. The Hall–Kier alpha value is -1.77. The van der Waals surface area contributed by atoms with Crippen molar-refractivity contribution in [3.63, 3.8) is 0 Å². The zero-order chi connectivity index (χ0) is 13.7. The minimum Gasteiger partial charge on any atom is -0.482 e. The molecule has 1 aliphatic heterocycles. The van der Waals surface area contributed by atoms with Crippen molar-refractivity contribution in [1.29, 1.82) is 5.26 Å². The summed E-state index contributed by atoms with van der Waals surface area (Å²) in [4.78, 5) is 13.6. The van der Waals surface area contributed by atoms with Crippen LogP contribution in [0.15, 0.2) is 18.2 Å². The van der Waals surface area contributed by atoms with Crippen molar-refractivity contribution in [2.45, 2.75) is 0 Å². The second-order valence-corrected chi connectivity index (χ2v) is 4.47. The fraction of sp³-hybridized carbons (Fsp3) is 0.385. The van der Waals surface area contributed by atoms with Gasteiger partial charge in [0.2, 0.25) is 0 Å². The molecule has 1 amide bonds. The molecule has 0 atom stereocenters. The molecular formula is C13H13ClN2O3. The molecule has 1 heterocycles. The van der Waals surface area contributed by atoms with Gasteiger partial charge in [-0.15, -0.1) is 0 Å². The number of rotatable bonds is 3. The summed E-state index contributed by atoms with van der Waals surface area (Å²) in [5, 5.41) is 9.40. The molecule has 0 bridgehead atoms. The van der Waals surface area contributed by atoms with E-state index in [1.165, 1.54) is 6.07 Å². The zero-order valence-corrected chi connectivity index (χ0v) is 11.0. The normalized spacial score (nSPS) is 14.8. The van der Waals surface area contributed by atoms with Crippen LogP contribution in [0.2, 0.25) is 5.02 Å². The quantitative estimate of drug-likeness (QED) is 0.841. The molecule has 19 heavy (non-hydrogen) atoms. The highest BCUT2D eigenvalue weighted by molar-refractivity contribution is 6.30. The molecule has 0 unspecified atom stereocenters. The maximum absolute atomic E-state index is 11.9. The summed E-state index contributed by atoms with van der Waals surface area (Å²) in [5.74, 6) is 0.212. The first-order valence-corrected chi connectivity index (χ1v) is 6.26. The molecule has 5 nitrogen and oxygen atoms in total. The average Bonchev–Trinajstić information content (AvgIpc) is 2.46. The average molecular weight is 281 g/mol. The SMILES string of the molecule is N#Cc1ccc(Cl)cc1OCC(=O)N1CCOCC1. The fourth-order valence-electron chi connectivity index (χ4n) is 1.75. The van der Waals surface area contributed by atoms with E-state index in [0.717, 1.165) is 0 Å². The van der Waals surface area contributed by atoms with Crippen LogP contribution < -0.4 is 4.74 Å². The Morgan fingerprint density at radius 2 is 2.21 bits per heavy atom. The standard InChI is InChI=1S/C13H13ClN2O3/c14-11-2-1-10(8-15)12(7-11)19-9-13(17)16-3-5-18-6-4-16/h1-2,7H,3-6,9H2. The number of carbonyl (C=O) groups is 1. The first-order valence-electron chi connectivity index (χ1n) is 5.88. The molecule has 1 aliphatic rings. The highest BCUT2D eigenvalue weighted by atomic mass is 35.5. The smallest absolute Gasteiger partial charge is 0.260 e. The number of morpholine rings is 1. The van der Waals surface area contributed by atoms with Crippen LogP contribution in [0.3, 0.4) is 0 Å². The van der Waals surface area contributed by atoms with E-state index in [4.69, 9.17) is 26.3 Å². The number of nitriles is 1. The van der Waals surface area contributed by atoms with Crippen molar-refractivity contribution in [3.8, 4) is 11.8 Å². The Labute approximate surface area is 116 Å². The number of benzene rings is 1. The molecule has 2 rings (SSSR count). The lowest BCUT2D eigenvalue weighted by atomic mass is 10.2. The highest BCUT2D eigenvalue weighted by Gasteiger charge is 2.17. The first-order chi connectivity index (χ1) is 9.20. The minimum atomic E-state index is -0.118. The maximum Gasteiger partial charge on any atom is 0.260 e. The van der Waals surface area contributed by atoms with Crippen LogP contribution in [0.5, 0.6) is 5.75 Å². The van der Waals surface area contributed by atoms with Gasteiger partial charge in [0, 0.05) is 24.2 Å². The number of hydrogen-bond donors (Lipinski definition) is 0. The minimum absolute atomic E-state index is 0.102. The van der Waals surface area contributed by atoms with E-state index in [9.17, 15) is 4.79 Å². The number of carbonyl (C=O) groups excluding carboxylic acids is 1. The van der Waals surface area contributed by atoms with E-state index in [1.54, 1.807) is 17.0 Å². The Morgan fingerprint density at radius 1 is 1.47 bits per heavy atom. The summed E-state index contributed by atoms with van der Waals surface area (Å²) in [6.45, 7) is 2.14. The van der Waals surface area contributed by atoms with Gasteiger partial charge in [0.1, 0.15) is 11.8 Å². The zero-order valence-electron chi connectivity index (χ0n) is 10.3. The number of nitrogens with zero attached hydrogens (tertiary/aromatic N) is 2. The summed E-state index contributed by atoms with van der Waals surface area (Å²) in [6, 6.07) is 6.71. The molecular weight excluding hydrogens is 268 g/mol. The van der Waals surface area contributed by atoms with Crippen molar-refractivity contribution in [2.24, 2.45) is 0 Å². The third-order valence-corrected chi connectivity index (χ3v) is 3.01. The lowest BCUT2D eigenvalue weighted by Gasteiger charge is -2.26. The number of halogens is 1. The summed E-state index contributed by atoms with van der Waals surface area (Å²) in [7, 11) is 0. The fourth-order valence-corrected chi connectivity index (χ4v) is 1.91. The van der Waals surface area contributed by atoms with Crippen molar-refractivity contribution in [3.05, 3.63) is 28.8 Å². The predicted octanol–water partition coefficient (Wildman–Crippen LogP) is 1.45. The number of ether oxygens (including phenoxy) is 2. The predicted molar refractivity (Wildman–Crippen MR) is 69.1 cm³/mol. The number of hydrogen-bond acceptors (Lipinski definition) is 4. The van der Waals surface area contributed by atoms with Gasteiger partial charge in [0.25, 0.3) is 5.91 Å². The van der Waals surface area contributed by atoms with E-state index >= 15 is 0 Å². The van der Waals surface area contributed by atoms with Gasteiger partial charge in [0.15, 0.2) is 6.61 Å². The second kappa shape index (κ2) is 6.41. The van der Waals surface area contributed by atoms with Crippen LogP contribution in [-0.2, 0) is 9.53 Å². The van der Waals surface area contributed by atoms with Gasteiger partial charge < -0.3 is 14.4 Å². The topological polar surface area (TPSA) is 62.6 Å². The van der Waals surface area contributed by atoms with Crippen molar-refractivity contribution < 1.29 is 14.3 Å². The molecule has 1 aromatic rings. The molecule has 6 heteroatoms. The van der Waals surface area contributed by atoms with E-state index < -0.39 is 0 Å². The Morgan fingerprint density at radius 3 is 2.89 bits per heavy atom. The van der Waals surface area contributed by atoms with Gasteiger partial charge in [0.05, 0.1) is 18.8 Å². The molecule has 0 aromatic heterocycles. The van der Waals surface area contributed by atoms with Crippen molar-refractivity contribution in [1.82, 2.24) is 4.90 Å².